The van der Waals surface area contributed by atoms with Crippen LogP contribution in [-0.4, -0.2) is 56.6 Å². The van der Waals surface area contributed by atoms with Crippen LogP contribution in [0.5, 0.6) is 5.75 Å². The summed E-state index contributed by atoms with van der Waals surface area (Å²) in [6.45, 7) is 6.17. The van der Waals surface area contributed by atoms with Crippen molar-refractivity contribution in [1.29, 1.82) is 0 Å². The molecular weight excluding hydrogens is 513 g/mol. The molecule has 0 bridgehead atoms. The highest BCUT2D eigenvalue weighted by atomic mass is 35.5. The van der Waals surface area contributed by atoms with Crippen LogP contribution in [0.25, 0.3) is 0 Å². The monoisotopic (exact) mass is 547 g/mol. The average molecular weight is 548 g/mol. The molecule has 1 saturated carbocycles. The summed E-state index contributed by atoms with van der Waals surface area (Å²) < 4.78 is 54.3. The van der Waals surface area contributed by atoms with Crippen LogP contribution in [-0.2, 0) is 14.9 Å². The number of hydrogen-bond acceptors (Lipinski definition) is 6. The molecule has 0 radical (unpaired) electrons. The molecule has 1 aliphatic carbocycles. The number of hydrogen-bond donors (Lipinski definition) is 2. The van der Waals surface area contributed by atoms with E-state index in [2.05, 4.69) is 5.32 Å². The van der Waals surface area contributed by atoms with Crippen molar-refractivity contribution in [3.05, 3.63) is 28.5 Å². The second-order valence-electron chi connectivity index (χ2n) is 10.4. The number of alkyl carbamates (subject to hydrolysis) is 1. The highest BCUT2D eigenvalue weighted by Crippen LogP contribution is 2.31. The van der Waals surface area contributed by atoms with Gasteiger partial charge < -0.3 is 14.8 Å². The van der Waals surface area contributed by atoms with E-state index in [1.807, 2.05) is 4.72 Å². The van der Waals surface area contributed by atoms with Crippen molar-refractivity contribution >= 4 is 33.8 Å². The second-order valence-corrected chi connectivity index (χ2v) is 12.5. The van der Waals surface area contributed by atoms with E-state index in [4.69, 9.17) is 21.1 Å². The van der Waals surface area contributed by atoms with E-state index in [9.17, 15) is 22.4 Å². The van der Waals surface area contributed by atoms with Crippen LogP contribution < -0.4 is 14.8 Å². The number of piperidine rings is 1. The molecule has 3 rings (SSSR count). The molecule has 1 aromatic carbocycles. The Morgan fingerprint density at radius 3 is 2.47 bits per heavy atom. The number of benzene rings is 1. The Labute approximate surface area is 217 Å². The molecule has 2 N–H and O–H groups in total. The first-order chi connectivity index (χ1) is 16.8. The van der Waals surface area contributed by atoms with Crippen LogP contribution in [0.2, 0.25) is 5.02 Å². The largest absolute Gasteiger partial charge is 0.492 e. The maximum absolute atomic E-state index is 14.7. The number of rotatable bonds is 8. The first-order valence-electron chi connectivity index (χ1n) is 12.2. The fraction of sp³-hybridized carbons (Fsp3) is 0.667. The van der Waals surface area contributed by atoms with Crippen molar-refractivity contribution in [2.45, 2.75) is 64.9 Å². The molecule has 2 fully saturated rings. The SMILES string of the molecule is CC(C)(C)OC(=O)NC[C@@H]1CCCN(S(=O)(=O)NC(=O)c2cc(Cl)c(OCC3CCCC3)cc2F)C1. The Hall–Kier alpha value is -2.11. The van der Waals surface area contributed by atoms with E-state index in [0.29, 0.717) is 25.4 Å². The molecule has 9 nitrogen and oxygen atoms in total. The van der Waals surface area contributed by atoms with Gasteiger partial charge >= 0.3 is 16.3 Å². The van der Waals surface area contributed by atoms with Crippen LogP contribution >= 0.6 is 11.6 Å². The molecule has 2 aliphatic rings. The van der Waals surface area contributed by atoms with Gasteiger partial charge in [-0.1, -0.05) is 24.4 Å². The highest BCUT2D eigenvalue weighted by molar-refractivity contribution is 7.87. The van der Waals surface area contributed by atoms with E-state index in [1.54, 1.807) is 20.8 Å². The van der Waals surface area contributed by atoms with Crippen LogP contribution in [0.3, 0.4) is 0 Å². The lowest BCUT2D eigenvalue weighted by molar-refractivity contribution is 0.0513. The Balaban J connectivity index is 1.58. The van der Waals surface area contributed by atoms with E-state index in [-0.39, 0.29) is 36.3 Å². The number of nitrogens with zero attached hydrogens (tertiary/aromatic N) is 1. The molecule has 1 aromatic rings. The fourth-order valence-electron chi connectivity index (χ4n) is 4.39. The van der Waals surface area contributed by atoms with Gasteiger partial charge in [-0.05, 0) is 64.4 Å². The Bertz CT molecular complexity index is 1060. The summed E-state index contributed by atoms with van der Waals surface area (Å²) in [5, 5.41) is 2.68. The standard InChI is InChI=1S/C24H35ClFN3O6S/c1-24(2,3)35-23(31)27-13-17-9-6-10-29(14-17)36(32,33)28-22(30)18-11-19(25)21(12-20(18)26)34-15-16-7-4-5-8-16/h11-12,16-17H,4-10,13-15H2,1-3H3,(H,27,31)(H,28,30)/t17-/m0/s1. The van der Waals surface area contributed by atoms with E-state index < -0.39 is 39.2 Å². The van der Waals surface area contributed by atoms with E-state index in [1.165, 1.54) is 0 Å². The summed E-state index contributed by atoms with van der Waals surface area (Å²) in [7, 11) is -4.24. The third-order valence-electron chi connectivity index (χ3n) is 6.19. The van der Waals surface area contributed by atoms with Gasteiger partial charge in [-0.3, -0.25) is 4.79 Å². The zero-order chi connectivity index (χ0) is 26.5. The Morgan fingerprint density at radius 1 is 1.14 bits per heavy atom. The van der Waals surface area contributed by atoms with Gasteiger partial charge in [0.1, 0.15) is 17.2 Å². The predicted molar refractivity (Wildman–Crippen MR) is 134 cm³/mol. The van der Waals surface area contributed by atoms with Crippen molar-refractivity contribution < 1.29 is 31.9 Å². The lowest BCUT2D eigenvalue weighted by atomic mass is 10.00. The van der Waals surface area contributed by atoms with Gasteiger partial charge in [-0.2, -0.15) is 12.7 Å². The molecule has 0 unspecified atom stereocenters. The average Bonchev–Trinajstić information content (AvgIpc) is 3.30. The first kappa shape index (κ1) is 28.5. The first-order valence-corrected chi connectivity index (χ1v) is 14.1. The topological polar surface area (TPSA) is 114 Å². The number of halogens is 2. The van der Waals surface area contributed by atoms with Crippen LogP contribution in [0.4, 0.5) is 9.18 Å². The molecule has 2 amide bonds. The molecule has 36 heavy (non-hydrogen) atoms. The maximum atomic E-state index is 14.7. The van der Waals surface area contributed by atoms with Crippen LogP contribution in [0, 0.1) is 17.7 Å². The van der Waals surface area contributed by atoms with Crippen molar-refractivity contribution in [3.63, 3.8) is 0 Å². The van der Waals surface area contributed by atoms with E-state index >= 15 is 0 Å². The zero-order valence-electron chi connectivity index (χ0n) is 20.9. The minimum absolute atomic E-state index is 0.0307. The third kappa shape index (κ3) is 8.21. The molecule has 12 heteroatoms. The van der Waals surface area contributed by atoms with Gasteiger partial charge in [0.15, 0.2) is 0 Å². The summed E-state index contributed by atoms with van der Waals surface area (Å²) in [5.41, 5.74) is -1.13. The number of amides is 2. The molecular formula is C24H35ClFN3O6S. The molecule has 1 heterocycles. The maximum Gasteiger partial charge on any atom is 0.407 e. The third-order valence-corrected chi connectivity index (χ3v) is 7.94. The number of nitrogens with one attached hydrogen (secondary N) is 2. The molecule has 1 saturated heterocycles. The van der Waals surface area contributed by atoms with Gasteiger partial charge in [0, 0.05) is 25.7 Å². The molecule has 202 valence electrons. The highest BCUT2D eigenvalue weighted by Gasteiger charge is 2.32. The molecule has 0 spiro atoms. The lowest BCUT2D eigenvalue weighted by Gasteiger charge is -2.32. The van der Waals surface area contributed by atoms with Crippen LogP contribution in [0.1, 0.15) is 69.7 Å². The second kappa shape index (κ2) is 12.0. The number of carbonyl (C=O) groups is 2. The van der Waals surface area contributed by atoms with Gasteiger partial charge in [0.2, 0.25) is 0 Å². The van der Waals surface area contributed by atoms with E-state index in [0.717, 1.165) is 42.1 Å². The molecule has 1 aliphatic heterocycles. The Morgan fingerprint density at radius 2 is 1.81 bits per heavy atom. The summed E-state index contributed by atoms with van der Waals surface area (Å²) in [5.74, 6) is -1.69. The van der Waals surface area contributed by atoms with Gasteiger partial charge in [-0.25, -0.2) is 13.9 Å². The van der Waals surface area contributed by atoms with Crippen molar-refractivity contribution in [3.8, 4) is 5.75 Å². The van der Waals surface area contributed by atoms with Crippen molar-refractivity contribution in [2.24, 2.45) is 11.8 Å². The van der Waals surface area contributed by atoms with Crippen molar-refractivity contribution in [1.82, 2.24) is 14.3 Å². The summed E-state index contributed by atoms with van der Waals surface area (Å²) in [4.78, 5) is 24.5. The normalized spacial score (nSPS) is 19.6. The minimum atomic E-state index is -4.24. The van der Waals surface area contributed by atoms with Gasteiger partial charge in [0.05, 0.1) is 17.2 Å². The zero-order valence-corrected chi connectivity index (χ0v) is 22.5. The van der Waals surface area contributed by atoms with Gasteiger partial charge in [0.25, 0.3) is 5.91 Å². The lowest BCUT2D eigenvalue weighted by Crippen LogP contribution is -2.49. The molecule has 1 atom stereocenters. The fourth-order valence-corrected chi connectivity index (χ4v) is 5.86. The summed E-state index contributed by atoms with van der Waals surface area (Å²) >= 11 is 6.19. The molecule has 0 aromatic heterocycles. The smallest absolute Gasteiger partial charge is 0.407 e. The Kier molecular flexibility index (Phi) is 9.45. The van der Waals surface area contributed by atoms with Crippen molar-refractivity contribution in [2.75, 3.05) is 26.2 Å². The summed E-state index contributed by atoms with van der Waals surface area (Å²) in [6.07, 6.45) is 5.04. The minimum Gasteiger partial charge on any atom is -0.492 e. The number of carbonyl (C=O) groups excluding carboxylic acids is 2. The predicted octanol–water partition coefficient (Wildman–Crippen LogP) is 4.26. The summed E-state index contributed by atoms with van der Waals surface area (Å²) in [6, 6.07) is 2.09. The van der Waals surface area contributed by atoms with Crippen LogP contribution in [0.15, 0.2) is 12.1 Å². The quantitative estimate of drug-likeness (QED) is 0.502. The number of ether oxygens (including phenoxy) is 2. The van der Waals surface area contributed by atoms with Gasteiger partial charge in [-0.15, -0.1) is 0 Å².